The van der Waals surface area contributed by atoms with E-state index < -0.39 is 0 Å². The van der Waals surface area contributed by atoms with Gasteiger partial charge in [0.05, 0.1) is 0 Å². The minimum Gasteiger partial charge on any atom is -0.402 e. The highest BCUT2D eigenvalue weighted by molar-refractivity contribution is 5.25. The summed E-state index contributed by atoms with van der Waals surface area (Å²) in [5.74, 6) is -0.186. The smallest absolute Gasteiger partial charge is 0.126 e. The second kappa shape index (κ2) is 3.39. The molecule has 0 heterocycles. The van der Waals surface area contributed by atoms with E-state index in [0.29, 0.717) is 17.7 Å². The van der Waals surface area contributed by atoms with Crippen LogP contribution in [0.5, 0.6) is 0 Å². The molecule has 0 spiro atoms. The van der Waals surface area contributed by atoms with Gasteiger partial charge in [-0.3, -0.25) is 0 Å². The average Bonchev–Trinajstić information content (AvgIpc) is 1.96. The van der Waals surface area contributed by atoms with Crippen molar-refractivity contribution in [2.75, 3.05) is 0 Å². The summed E-state index contributed by atoms with van der Waals surface area (Å²) in [4.78, 5) is 0. The summed E-state index contributed by atoms with van der Waals surface area (Å²) in [6, 6.07) is 5.09. The summed E-state index contributed by atoms with van der Waals surface area (Å²) in [7, 11) is 0. The minimum absolute atomic E-state index is 0.186. The monoisotopic (exact) mass is 165 g/mol. The lowest BCUT2D eigenvalue weighted by Gasteiger charge is -2.01. The maximum Gasteiger partial charge on any atom is 0.126 e. The van der Waals surface area contributed by atoms with Crippen molar-refractivity contribution < 1.29 is 4.39 Å². The van der Waals surface area contributed by atoms with Crippen LogP contribution in [0.4, 0.5) is 4.39 Å². The molecule has 0 bridgehead atoms. The summed E-state index contributed by atoms with van der Waals surface area (Å²) < 4.78 is 13.0. The normalized spacial score (nSPS) is 9.83. The maximum atomic E-state index is 13.0. The van der Waals surface area contributed by atoms with Gasteiger partial charge in [-0.25, -0.2) is 4.39 Å². The Kier molecular flexibility index (Phi) is 2.48. The molecule has 1 aromatic rings. The van der Waals surface area contributed by atoms with E-state index in [0.717, 1.165) is 5.56 Å². The summed E-state index contributed by atoms with van der Waals surface area (Å²) >= 11 is 0. The van der Waals surface area contributed by atoms with Gasteiger partial charge in [0.15, 0.2) is 0 Å². The molecule has 0 aromatic heterocycles. The van der Waals surface area contributed by atoms with Crippen LogP contribution in [0.1, 0.15) is 11.1 Å². The van der Waals surface area contributed by atoms with Crippen molar-refractivity contribution in [2.45, 2.75) is 13.3 Å². The molecule has 1 nitrogen and oxygen atoms in total. The molecule has 0 atom stereocenters. The van der Waals surface area contributed by atoms with Crippen LogP contribution in [-0.4, -0.2) is 0 Å². The molecule has 0 fully saturated rings. The molecule has 0 unspecified atom stereocenters. The van der Waals surface area contributed by atoms with Crippen LogP contribution in [0.2, 0.25) is 0 Å². The van der Waals surface area contributed by atoms with Crippen molar-refractivity contribution in [3.63, 3.8) is 0 Å². The SMILES string of the molecule is C=C(N)Cc1ccc(C)c(F)c1. The summed E-state index contributed by atoms with van der Waals surface area (Å²) in [6.45, 7) is 5.29. The highest BCUT2D eigenvalue weighted by Crippen LogP contribution is 2.10. The summed E-state index contributed by atoms with van der Waals surface area (Å²) in [5.41, 5.74) is 7.47. The van der Waals surface area contributed by atoms with E-state index in [9.17, 15) is 4.39 Å². The Hall–Kier alpha value is -1.31. The second-order valence-electron chi connectivity index (χ2n) is 2.92. The third kappa shape index (κ3) is 2.09. The van der Waals surface area contributed by atoms with Gasteiger partial charge in [-0.2, -0.15) is 0 Å². The quantitative estimate of drug-likeness (QED) is 0.714. The van der Waals surface area contributed by atoms with Crippen LogP contribution in [0.15, 0.2) is 30.5 Å². The predicted octanol–water partition coefficient (Wildman–Crippen LogP) is 2.15. The van der Waals surface area contributed by atoms with E-state index in [2.05, 4.69) is 6.58 Å². The van der Waals surface area contributed by atoms with E-state index >= 15 is 0 Å². The number of rotatable bonds is 2. The Morgan fingerprint density at radius 3 is 2.75 bits per heavy atom. The first kappa shape index (κ1) is 8.78. The Labute approximate surface area is 71.7 Å². The maximum absolute atomic E-state index is 13.0. The Morgan fingerprint density at radius 2 is 2.25 bits per heavy atom. The zero-order chi connectivity index (χ0) is 9.14. The molecule has 0 saturated carbocycles. The van der Waals surface area contributed by atoms with E-state index in [-0.39, 0.29) is 5.82 Å². The molecule has 0 aliphatic rings. The largest absolute Gasteiger partial charge is 0.402 e. The van der Waals surface area contributed by atoms with E-state index in [4.69, 9.17) is 5.73 Å². The molecule has 0 radical (unpaired) electrons. The zero-order valence-electron chi connectivity index (χ0n) is 7.10. The van der Waals surface area contributed by atoms with E-state index in [1.165, 1.54) is 6.07 Å². The number of nitrogens with two attached hydrogens (primary N) is 1. The highest BCUT2D eigenvalue weighted by Gasteiger charge is 1.99. The number of aryl methyl sites for hydroxylation is 1. The summed E-state index contributed by atoms with van der Waals surface area (Å²) in [6.07, 6.45) is 0.539. The number of halogens is 1. The first-order chi connectivity index (χ1) is 5.59. The van der Waals surface area contributed by atoms with Crippen LogP contribution in [0.3, 0.4) is 0 Å². The molecule has 2 N–H and O–H groups in total. The van der Waals surface area contributed by atoms with Crippen LogP contribution in [0, 0.1) is 12.7 Å². The molecule has 12 heavy (non-hydrogen) atoms. The Balaban J connectivity index is 2.89. The van der Waals surface area contributed by atoms with Gasteiger partial charge in [0.2, 0.25) is 0 Å². The molecule has 0 aliphatic carbocycles. The van der Waals surface area contributed by atoms with Gasteiger partial charge >= 0.3 is 0 Å². The molecular formula is C10H12FN. The standard InChI is InChI=1S/C10H12FN/c1-7-3-4-9(5-8(2)12)6-10(7)11/h3-4,6H,2,5,12H2,1H3. The molecule has 1 aromatic carbocycles. The van der Waals surface area contributed by atoms with Gasteiger partial charge in [-0.05, 0) is 24.1 Å². The molecule has 1 rings (SSSR count). The fourth-order valence-electron chi connectivity index (χ4n) is 1.01. The van der Waals surface area contributed by atoms with Gasteiger partial charge in [0.1, 0.15) is 5.82 Å². The first-order valence-electron chi connectivity index (χ1n) is 3.78. The first-order valence-corrected chi connectivity index (χ1v) is 3.78. The van der Waals surface area contributed by atoms with Gasteiger partial charge in [0, 0.05) is 12.1 Å². The highest BCUT2D eigenvalue weighted by atomic mass is 19.1. The molecule has 2 heteroatoms. The molecule has 0 amide bonds. The molecule has 0 aliphatic heterocycles. The van der Waals surface area contributed by atoms with Crippen molar-refractivity contribution in [3.05, 3.63) is 47.4 Å². The topological polar surface area (TPSA) is 26.0 Å². The van der Waals surface area contributed by atoms with Crippen LogP contribution in [-0.2, 0) is 6.42 Å². The number of allylic oxidation sites excluding steroid dienone is 1. The van der Waals surface area contributed by atoms with Gasteiger partial charge < -0.3 is 5.73 Å². The van der Waals surface area contributed by atoms with Gasteiger partial charge in [0.25, 0.3) is 0 Å². The number of hydrogen-bond acceptors (Lipinski definition) is 1. The van der Waals surface area contributed by atoms with Crippen molar-refractivity contribution in [1.29, 1.82) is 0 Å². The van der Waals surface area contributed by atoms with Crippen LogP contribution >= 0.6 is 0 Å². The third-order valence-corrected chi connectivity index (χ3v) is 1.67. The number of benzene rings is 1. The fourth-order valence-corrected chi connectivity index (χ4v) is 1.01. The molecule has 64 valence electrons. The Bertz CT molecular complexity index is 305. The summed E-state index contributed by atoms with van der Waals surface area (Å²) in [5, 5.41) is 0. The van der Waals surface area contributed by atoms with Crippen LogP contribution < -0.4 is 5.73 Å². The lowest BCUT2D eigenvalue weighted by molar-refractivity contribution is 0.616. The number of hydrogen-bond donors (Lipinski definition) is 1. The van der Waals surface area contributed by atoms with Crippen molar-refractivity contribution >= 4 is 0 Å². The lowest BCUT2D eigenvalue weighted by Crippen LogP contribution is -1.99. The Morgan fingerprint density at radius 1 is 1.58 bits per heavy atom. The van der Waals surface area contributed by atoms with Crippen molar-refractivity contribution in [2.24, 2.45) is 5.73 Å². The zero-order valence-corrected chi connectivity index (χ0v) is 7.10. The lowest BCUT2D eigenvalue weighted by atomic mass is 10.1. The van der Waals surface area contributed by atoms with E-state index in [1.54, 1.807) is 13.0 Å². The predicted molar refractivity (Wildman–Crippen MR) is 48.2 cm³/mol. The average molecular weight is 165 g/mol. The van der Waals surface area contributed by atoms with Gasteiger partial charge in [-0.15, -0.1) is 0 Å². The fraction of sp³-hybridized carbons (Fsp3) is 0.200. The second-order valence-corrected chi connectivity index (χ2v) is 2.92. The minimum atomic E-state index is -0.186. The van der Waals surface area contributed by atoms with Gasteiger partial charge in [-0.1, -0.05) is 18.7 Å². The van der Waals surface area contributed by atoms with Crippen molar-refractivity contribution in [1.82, 2.24) is 0 Å². The van der Waals surface area contributed by atoms with Crippen molar-refractivity contribution in [3.8, 4) is 0 Å². The van der Waals surface area contributed by atoms with Crippen LogP contribution in [0.25, 0.3) is 0 Å². The third-order valence-electron chi connectivity index (χ3n) is 1.67. The molecular weight excluding hydrogens is 153 g/mol. The molecule has 0 saturated heterocycles. The van der Waals surface area contributed by atoms with E-state index in [1.807, 2.05) is 6.07 Å².